The number of nitrogen functional groups attached to an aromatic ring is 1. The molecule has 1 saturated heterocycles. The zero-order chi connectivity index (χ0) is 25.1. The molecule has 7 N–H and O–H groups in total. The van der Waals surface area contributed by atoms with E-state index in [1.165, 1.54) is 45.6 Å². The van der Waals surface area contributed by atoms with Crippen LogP contribution in [0.4, 0.5) is 5.13 Å². The molecule has 2 aliphatic heterocycles. The van der Waals surface area contributed by atoms with Crippen LogP contribution in [0.3, 0.4) is 0 Å². The Balaban J connectivity index is 1.53. The van der Waals surface area contributed by atoms with Crippen molar-refractivity contribution < 1.29 is 24.7 Å². The summed E-state index contributed by atoms with van der Waals surface area (Å²) in [6, 6.07) is 0.798. The monoisotopic (exact) mass is 553 g/mol. The molecule has 16 heteroatoms. The zero-order valence-electron chi connectivity index (χ0n) is 17.8. The quantitative estimate of drug-likeness (QED) is 0.0966. The number of pyridine rings is 1. The predicted molar refractivity (Wildman–Crippen MR) is 134 cm³/mol. The van der Waals surface area contributed by atoms with Gasteiger partial charge in [-0.15, -0.1) is 34.9 Å². The lowest BCUT2D eigenvalue weighted by atomic mass is 10.0. The standard InChI is InChI=1S/C19H19N7O5S4/c20-2-4-32-10-5-22-3-1-9(10)35-11-7-33-17-13(16(28)26(17)14(11)18(29)30)24-15(27)12(25-31)8-6-34-19(21)23-8/h1,3,5-6,13,17,31H,2,4,7,20H2,(H2,21,23)(H,24,27)(H,29,30)/b25-12-/t13-,17+/m1/s1. The van der Waals surface area contributed by atoms with Gasteiger partial charge in [0, 0.05) is 50.5 Å². The van der Waals surface area contributed by atoms with Crippen molar-refractivity contribution in [3.8, 4) is 0 Å². The fourth-order valence-electron chi connectivity index (χ4n) is 3.35. The summed E-state index contributed by atoms with van der Waals surface area (Å²) in [6.45, 7) is 0.484. The minimum Gasteiger partial charge on any atom is -0.477 e. The van der Waals surface area contributed by atoms with E-state index in [9.17, 15) is 24.7 Å². The highest BCUT2D eigenvalue weighted by Crippen LogP contribution is 2.46. The number of oxime groups is 1. The molecule has 2 aromatic rings. The Bertz CT molecular complexity index is 1230. The van der Waals surface area contributed by atoms with Crippen LogP contribution in [-0.2, 0) is 14.4 Å². The Morgan fingerprint density at radius 3 is 2.83 bits per heavy atom. The second-order valence-corrected chi connectivity index (χ2v) is 11.3. The predicted octanol–water partition coefficient (Wildman–Crippen LogP) is 0.838. The van der Waals surface area contributed by atoms with E-state index in [4.69, 9.17) is 11.5 Å². The lowest BCUT2D eigenvalue weighted by Crippen LogP contribution is -2.71. The third kappa shape index (κ3) is 5.11. The highest BCUT2D eigenvalue weighted by atomic mass is 32.2. The molecule has 0 saturated carbocycles. The number of thiazole rings is 1. The van der Waals surface area contributed by atoms with Gasteiger partial charge in [-0.3, -0.25) is 19.5 Å². The Labute approximate surface area is 215 Å². The summed E-state index contributed by atoms with van der Waals surface area (Å²) in [7, 11) is 0. The zero-order valence-corrected chi connectivity index (χ0v) is 21.0. The van der Waals surface area contributed by atoms with E-state index < -0.39 is 34.9 Å². The molecule has 2 amide bonds. The summed E-state index contributed by atoms with van der Waals surface area (Å²) >= 11 is 5.17. The van der Waals surface area contributed by atoms with Crippen molar-refractivity contribution >= 4 is 75.2 Å². The summed E-state index contributed by atoms with van der Waals surface area (Å²) < 4.78 is 0. The Morgan fingerprint density at radius 1 is 1.37 bits per heavy atom. The number of aliphatic carboxylic acids is 1. The SMILES string of the molecule is NCCSc1cnccc1SC1=C(C(=O)O)N2C(=O)[C@@H](NC(=O)/C(=N\O)c3csc(N)n3)[C@@H]2SC1. The van der Waals surface area contributed by atoms with Crippen LogP contribution in [0.15, 0.2) is 49.4 Å². The van der Waals surface area contributed by atoms with Crippen LogP contribution in [-0.4, -0.2) is 78.1 Å². The number of nitrogens with zero attached hydrogens (tertiary/aromatic N) is 4. The molecule has 35 heavy (non-hydrogen) atoms. The van der Waals surface area contributed by atoms with Gasteiger partial charge in [0.25, 0.3) is 11.8 Å². The van der Waals surface area contributed by atoms with Gasteiger partial charge in [0.1, 0.15) is 22.8 Å². The lowest BCUT2D eigenvalue weighted by Gasteiger charge is -2.49. The molecular formula is C19H19N7O5S4. The summed E-state index contributed by atoms with van der Waals surface area (Å²) in [4.78, 5) is 49.1. The molecule has 0 aromatic carbocycles. The molecule has 184 valence electrons. The van der Waals surface area contributed by atoms with Crippen LogP contribution in [0.5, 0.6) is 0 Å². The second-order valence-electron chi connectivity index (χ2n) is 7.02. The highest BCUT2D eigenvalue weighted by molar-refractivity contribution is 8.07. The van der Waals surface area contributed by atoms with Crippen molar-refractivity contribution in [2.24, 2.45) is 10.9 Å². The van der Waals surface area contributed by atoms with Crippen LogP contribution >= 0.6 is 46.6 Å². The number of carbonyl (C=O) groups excluding carboxylic acids is 2. The molecule has 1 fully saturated rings. The van der Waals surface area contributed by atoms with E-state index in [1.807, 2.05) is 0 Å². The number of thioether (sulfide) groups is 3. The minimum atomic E-state index is -1.24. The second kappa shape index (κ2) is 10.9. The van der Waals surface area contributed by atoms with Crippen molar-refractivity contribution in [1.29, 1.82) is 0 Å². The third-order valence-electron chi connectivity index (χ3n) is 4.86. The number of hydrogen-bond acceptors (Lipinski definition) is 13. The molecule has 0 aliphatic carbocycles. The van der Waals surface area contributed by atoms with E-state index in [2.05, 4.69) is 20.4 Å². The van der Waals surface area contributed by atoms with E-state index in [-0.39, 0.29) is 16.5 Å². The molecule has 4 heterocycles. The average Bonchev–Trinajstić information content (AvgIpc) is 3.27. The highest BCUT2D eigenvalue weighted by Gasteiger charge is 2.54. The van der Waals surface area contributed by atoms with Gasteiger partial charge in [-0.2, -0.15) is 0 Å². The summed E-state index contributed by atoms with van der Waals surface area (Å²) in [5, 5.41) is 25.7. The van der Waals surface area contributed by atoms with Gasteiger partial charge in [0.05, 0.1) is 0 Å². The van der Waals surface area contributed by atoms with Crippen LogP contribution < -0.4 is 16.8 Å². The molecular weight excluding hydrogens is 535 g/mol. The minimum absolute atomic E-state index is 0.0675. The van der Waals surface area contributed by atoms with Crippen molar-refractivity contribution in [1.82, 2.24) is 20.2 Å². The van der Waals surface area contributed by atoms with Gasteiger partial charge in [0.2, 0.25) is 0 Å². The van der Waals surface area contributed by atoms with Crippen molar-refractivity contribution in [2.45, 2.75) is 21.2 Å². The molecule has 2 aromatic heterocycles. The van der Waals surface area contributed by atoms with Crippen LogP contribution in [0, 0.1) is 0 Å². The van der Waals surface area contributed by atoms with E-state index in [1.54, 1.807) is 18.5 Å². The van der Waals surface area contributed by atoms with Crippen LogP contribution in [0.1, 0.15) is 5.69 Å². The van der Waals surface area contributed by atoms with Gasteiger partial charge in [0.15, 0.2) is 10.8 Å². The smallest absolute Gasteiger partial charge is 0.353 e. The number of aromatic nitrogens is 2. The average molecular weight is 554 g/mol. The van der Waals surface area contributed by atoms with Crippen LogP contribution in [0.2, 0.25) is 0 Å². The summed E-state index contributed by atoms with van der Waals surface area (Å²) in [5.74, 6) is -1.64. The van der Waals surface area contributed by atoms with Gasteiger partial charge >= 0.3 is 5.97 Å². The number of carbonyl (C=O) groups is 3. The number of hydrogen-bond donors (Lipinski definition) is 5. The Hall–Kier alpha value is -2.79. The molecule has 0 unspecified atom stereocenters. The largest absolute Gasteiger partial charge is 0.477 e. The Morgan fingerprint density at radius 2 is 2.17 bits per heavy atom. The van der Waals surface area contributed by atoms with Crippen molar-refractivity contribution in [2.75, 3.05) is 23.8 Å². The van der Waals surface area contributed by atoms with Crippen LogP contribution in [0.25, 0.3) is 0 Å². The molecule has 2 atom stereocenters. The molecule has 0 radical (unpaired) electrons. The number of amides is 2. The molecule has 0 bridgehead atoms. The number of nitrogens with one attached hydrogen (secondary N) is 1. The normalized spacial score (nSPS) is 19.9. The van der Waals surface area contributed by atoms with E-state index in [0.717, 1.165) is 21.1 Å². The van der Waals surface area contributed by atoms with E-state index in [0.29, 0.717) is 23.0 Å². The number of rotatable bonds is 9. The number of carboxylic acid groups (broad SMARTS) is 1. The lowest BCUT2D eigenvalue weighted by molar-refractivity contribution is -0.150. The first kappa shape index (κ1) is 25.3. The first-order valence-corrected chi connectivity index (χ1v) is 13.7. The fourth-order valence-corrected chi connectivity index (χ4v) is 7.35. The number of anilines is 1. The molecule has 0 spiro atoms. The van der Waals surface area contributed by atoms with Crippen molar-refractivity contribution in [3.63, 3.8) is 0 Å². The molecule has 12 nitrogen and oxygen atoms in total. The molecule has 4 rings (SSSR count). The third-order valence-corrected chi connectivity index (χ3v) is 9.36. The maximum absolute atomic E-state index is 12.9. The van der Waals surface area contributed by atoms with E-state index >= 15 is 0 Å². The van der Waals surface area contributed by atoms with Crippen molar-refractivity contribution in [3.05, 3.63) is 40.1 Å². The number of nitrogens with two attached hydrogens (primary N) is 2. The number of carboxylic acids is 1. The number of fused-ring (bicyclic) bond motifs is 1. The van der Waals surface area contributed by atoms with Gasteiger partial charge in [-0.25, -0.2) is 9.78 Å². The topological polar surface area (TPSA) is 197 Å². The number of β-lactam (4-membered cyclic amide) rings is 1. The maximum Gasteiger partial charge on any atom is 0.353 e. The fraction of sp³-hybridized carbons (Fsp3) is 0.263. The van der Waals surface area contributed by atoms with Gasteiger partial charge in [-0.1, -0.05) is 16.9 Å². The Kier molecular flexibility index (Phi) is 7.85. The van der Waals surface area contributed by atoms with Gasteiger partial charge in [-0.05, 0) is 6.07 Å². The summed E-state index contributed by atoms with van der Waals surface area (Å²) in [5.41, 5.74) is 10.7. The van der Waals surface area contributed by atoms with Gasteiger partial charge < -0.3 is 27.1 Å². The first-order valence-electron chi connectivity index (χ1n) is 9.95. The molecule has 2 aliphatic rings. The summed E-state index contributed by atoms with van der Waals surface area (Å²) in [6.07, 6.45) is 3.31. The maximum atomic E-state index is 12.9. The first-order chi connectivity index (χ1) is 16.8.